The molecule has 0 aromatic carbocycles. The molecule has 4 nitrogen and oxygen atoms in total. The molecule has 0 atom stereocenters. The summed E-state index contributed by atoms with van der Waals surface area (Å²) in [4.78, 5) is 15.4. The summed E-state index contributed by atoms with van der Waals surface area (Å²) < 4.78 is 10.1. The van der Waals surface area contributed by atoms with Gasteiger partial charge in [-0.05, 0) is 24.6 Å². The molecule has 0 radical (unpaired) electrons. The van der Waals surface area contributed by atoms with E-state index in [0.29, 0.717) is 11.5 Å². The maximum atomic E-state index is 11.3. The largest absolute Gasteiger partial charge is 0.496 e. The molecule has 0 aliphatic rings. The molecule has 2 aromatic heterocycles. The van der Waals surface area contributed by atoms with Crippen LogP contribution < -0.4 is 10.4 Å². The SMILES string of the molecule is COc1cc(C=CC=CC(C)=CC=Cc2cccnc2)oc(=O)c1. The van der Waals surface area contributed by atoms with Gasteiger partial charge in [-0.1, -0.05) is 48.1 Å². The molecule has 0 N–H and O–H groups in total. The fraction of sp³-hybridized carbons (Fsp3) is 0.100. The van der Waals surface area contributed by atoms with E-state index in [-0.39, 0.29) is 0 Å². The van der Waals surface area contributed by atoms with E-state index in [0.717, 1.165) is 11.1 Å². The van der Waals surface area contributed by atoms with E-state index in [4.69, 9.17) is 9.15 Å². The van der Waals surface area contributed by atoms with E-state index in [1.807, 2.05) is 49.4 Å². The lowest BCUT2D eigenvalue weighted by molar-refractivity contribution is 0.400. The summed E-state index contributed by atoms with van der Waals surface area (Å²) in [5.41, 5.74) is 1.71. The van der Waals surface area contributed by atoms with Crippen LogP contribution in [0.25, 0.3) is 12.2 Å². The third-order valence-electron chi connectivity index (χ3n) is 3.06. The van der Waals surface area contributed by atoms with Crippen LogP contribution in [0.1, 0.15) is 18.2 Å². The van der Waals surface area contributed by atoms with Crippen molar-refractivity contribution in [2.45, 2.75) is 6.92 Å². The molecule has 0 amide bonds. The van der Waals surface area contributed by atoms with Gasteiger partial charge < -0.3 is 9.15 Å². The van der Waals surface area contributed by atoms with Crippen molar-refractivity contribution < 1.29 is 9.15 Å². The van der Waals surface area contributed by atoms with E-state index in [1.165, 1.54) is 13.2 Å². The average molecular weight is 321 g/mol. The fourth-order valence-electron chi connectivity index (χ4n) is 1.87. The Morgan fingerprint density at radius 3 is 2.83 bits per heavy atom. The van der Waals surface area contributed by atoms with Gasteiger partial charge in [0.15, 0.2) is 0 Å². The number of allylic oxidation sites excluding steroid dienone is 6. The molecule has 122 valence electrons. The molecule has 2 rings (SSSR count). The summed E-state index contributed by atoms with van der Waals surface area (Å²) in [7, 11) is 1.51. The highest BCUT2D eigenvalue weighted by Gasteiger charge is 1.97. The van der Waals surface area contributed by atoms with Crippen LogP contribution in [0.3, 0.4) is 0 Å². The predicted octanol–water partition coefficient (Wildman–Crippen LogP) is 4.27. The third kappa shape index (κ3) is 5.93. The maximum Gasteiger partial charge on any atom is 0.339 e. The molecule has 0 saturated heterocycles. The van der Waals surface area contributed by atoms with Gasteiger partial charge in [0.05, 0.1) is 13.2 Å². The second-order valence-electron chi connectivity index (χ2n) is 4.99. The second-order valence-corrected chi connectivity index (χ2v) is 4.99. The molecule has 0 spiro atoms. The molecule has 0 saturated carbocycles. The van der Waals surface area contributed by atoms with Crippen LogP contribution in [0.15, 0.2) is 81.8 Å². The number of ether oxygens (including phenoxy) is 1. The monoisotopic (exact) mass is 321 g/mol. The maximum absolute atomic E-state index is 11.3. The minimum atomic E-state index is -0.436. The highest BCUT2D eigenvalue weighted by molar-refractivity contribution is 5.51. The fourth-order valence-corrected chi connectivity index (χ4v) is 1.87. The number of aromatic nitrogens is 1. The molecule has 0 aliphatic carbocycles. The molecule has 24 heavy (non-hydrogen) atoms. The Kier molecular flexibility index (Phi) is 6.53. The number of pyridine rings is 1. The summed E-state index contributed by atoms with van der Waals surface area (Å²) in [6.07, 6.45) is 16.9. The van der Waals surface area contributed by atoms with E-state index < -0.39 is 5.63 Å². The molecule has 4 heteroatoms. The quantitative estimate of drug-likeness (QED) is 0.746. The summed E-state index contributed by atoms with van der Waals surface area (Å²) in [5, 5.41) is 0. The minimum absolute atomic E-state index is 0.436. The van der Waals surface area contributed by atoms with Crippen molar-refractivity contribution >= 4 is 12.2 Å². The summed E-state index contributed by atoms with van der Waals surface area (Å²) in [5.74, 6) is 0.925. The lowest BCUT2D eigenvalue weighted by Crippen LogP contribution is -1.98. The first-order chi connectivity index (χ1) is 11.7. The first kappa shape index (κ1) is 17.2. The lowest BCUT2D eigenvalue weighted by Gasteiger charge is -1.98. The Morgan fingerprint density at radius 2 is 2.08 bits per heavy atom. The zero-order valence-electron chi connectivity index (χ0n) is 13.7. The molecule has 0 bridgehead atoms. The van der Waals surface area contributed by atoms with Crippen LogP contribution in [-0.4, -0.2) is 12.1 Å². The van der Waals surface area contributed by atoms with Crippen molar-refractivity contribution in [1.82, 2.24) is 4.98 Å². The van der Waals surface area contributed by atoms with Gasteiger partial charge in [0.25, 0.3) is 0 Å². The highest BCUT2D eigenvalue weighted by Crippen LogP contribution is 2.10. The summed E-state index contributed by atoms with van der Waals surface area (Å²) >= 11 is 0. The van der Waals surface area contributed by atoms with Gasteiger partial charge in [-0.3, -0.25) is 4.98 Å². The van der Waals surface area contributed by atoms with Crippen LogP contribution >= 0.6 is 0 Å². The van der Waals surface area contributed by atoms with Crippen molar-refractivity contribution in [3.05, 3.63) is 94.4 Å². The number of hydrogen-bond donors (Lipinski definition) is 0. The van der Waals surface area contributed by atoms with Gasteiger partial charge in [-0.15, -0.1) is 0 Å². The Balaban J connectivity index is 1.95. The van der Waals surface area contributed by atoms with Crippen molar-refractivity contribution in [3.63, 3.8) is 0 Å². The van der Waals surface area contributed by atoms with Gasteiger partial charge in [-0.25, -0.2) is 4.79 Å². The number of hydrogen-bond acceptors (Lipinski definition) is 4. The van der Waals surface area contributed by atoms with Crippen LogP contribution in [0.4, 0.5) is 0 Å². The number of nitrogens with zero attached hydrogens (tertiary/aromatic N) is 1. The Bertz CT molecular complexity index is 827. The van der Waals surface area contributed by atoms with E-state index in [1.54, 1.807) is 30.6 Å². The Hall–Kier alpha value is -3.14. The van der Waals surface area contributed by atoms with Crippen LogP contribution in [0.2, 0.25) is 0 Å². The molecule has 2 aromatic rings. The van der Waals surface area contributed by atoms with Crippen LogP contribution in [0, 0.1) is 0 Å². The van der Waals surface area contributed by atoms with Gasteiger partial charge in [-0.2, -0.15) is 0 Å². The highest BCUT2D eigenvalue weighted by atomic mass is 16.5. The first-order valence-corrected chi connectivity index (χ1v) is 7.46. The van der Waals surface area contributed by atoms with E-state index in [9.17, 15) is 4.79 Å². The Labute approximate surface area is 141 Å². The zero-order valence-corrected chi connectivity index (χ0v) is 13.7. The number of rotatable bonds is 6. The van der Waals surface area contributed by atoms with Crippen molar-refractivity contribution in [2.24, 2.45) is 0 Å². The molecular weight excluding hydrogens is 302 g/mol. The molecule has 2 heterocycles. The second kappa shape index (κ2) is 9.10. The van der Waals surface area contributed by atoms with Crippen molar-refractivity contribution in [1.29, 1.82) is 0 Å². The third-order valence-corrected chi connectivity index (χ3v) is 3.06. The van der Waals surface area contributed by atoms with Gasteiger partial charge in [0, 0.05) is 18.5 Å². The molecular formula is C20H19NO3. The standard InChI is InChI=1S/C20H19NO3/c1-16(8-5-9-17-10-6-12-21-15-17)7-3-4-11-18-13-19(23-2)14-20(22)24-18/h3-15H,1-2H3. The van der Waals surface area contributed by atoms with Crippen LogP contribution in [0.5, 0.6) is 5.75 Å². The van der Waals surface area contributed by atoms with E-state index >= 15 is 0 Å². The minimum Gasteiger partial charge on any atom is -0.496 e. The lowest BCUT2D eigenvalue weighted by atomic mass is 10.2. The zero-order chi connectivity index (χ0) is 17.2. The summed E-state index contributed by atoms with van der Waals surface area (Å²) in [6.45, 7) is 2.00. The smallest absolute Gasteiger partial charge is 0.339 e. The normalized spacial score (nSPS) is 12.5. The topological polar surface area (TPSA) is 52.3 Å². The van der Waals surface area contributed by atoms with E-state index in [2.05, 4.69) is 4.98 Å². The van der Waals surface area contributed by atoms with Gasteiger partial charge in [0.2, 0.25) is 0 Å². The van der Waals surface area contributed by atoms with Gasteiger partial charge >= 0.3 is 5.63 Å². The Morgan fingerprint density at radius 1 is 1.21 bits per heavy atom. The number of methoxy groups -OCH3 is 1. The van der Waals surface area contributed by atoms with Crippen molar-refractivity contribution in [2.75, 3.05) is 7.11 Å². The van der Waals surface area contributed by atoms with Crippen LogP contribution in [-0.2, 0) is 0 Å². The summed E-state index contributed by atoms with van der Waals surface area (Å²) in [6, 6.07) is 6.85. The average Bonchev–Trinajstić information content (AvgIpc) is 2.59. The predicted molar refractivity (Wildman–Crippen MR) is 96.7 cm³/mol. The first-order valence-electron chi connectivity index (χ1n) is 7.46. The molecule has 0 fully saturated rings. The molecule has 0 aliphatic heterocycles. The molecule has 0 unspecified atom stereocenters. The van der Waals surface area contributed by atoms with Gasteiger partial charge in [0.1, 0.15) is 11.5 Å². The van der Waals surface area contributed by atoms with Crippen molar-refractivity contribution in [3.8, 4) is 5.75 Å².